The van der Waals surface area contributed by atoms with Crippen LogP contribution < -0.4 is 4.74 Å². The van der Waals surface area contributed by atoms with E-state index in [-0.39, 0.29) is 6.10 Å². The van der Waals surface area contributed by atoms with Crippen molar-refractivity contribution in [3.05, 3.63) is 53.6 Å². The van der Waals surface area contributed by atoms with E-state index in [9.17, 15) is 5.11 Å². The number of nitrogens with zero attached hydrogens (tertiary/aromatic N) is 1. The molecule has 1 N–H and O–H groups in total. The molecule has 0 spiro atoms. The van der Waals surface area contributed by atoms with E-state index < -0.39 is 6.10 Å². The molecule has 4 heteroatoms. The first-order valence-electron chi connectivity index (χ1n) is 8.52. The number of rotatable bonds is 9. The highest BCUT2D eigenvalue weighted by atomic mass is 16.5. The van der Waals surface area contributed by atoms with E-state index >= 15 is 0 Å². The number of aryl methyl sites for hydroxylation is 1. The third-order valence-electron chi connectivity index (χ3n) is 4.07. The molecule has 24 heavy (non-hydrogen) atoms. The molecule has 1 aromatic rings. The van der Waals surface area contributed by atoms with Crippen molar-refractivity contribution in [1.29, 1.82) is 0 Å². The monoisotopic (exact) mass is 331 g/mol. The summed E-state index contributed by atoms with van der Waals surface area (Å²) < 4.78 is 11.3. The van der Waals surface area contributed by atoms with Gasteiger partial charge in [0, 0.05) is 13.7 Å². The summed E-state index contributed by atoms with van der Waals surface area (Å²) in [5.74, 6) is 0.860. The maximum absolute atomic E-state index is 9.96. The number of allylic oxidation sites excluding steroid dienone is 2. The largest absolute Gasteiger partial charge is 0.491 e. The highest BCUT2D eigenvalue weighted by molar-refractivity contribution is 5.35. The summed E-state index contributed by atoms with van der Waals surface area (Å²) in [5.41, 5.74) is 2.47. The Labute approximate surface area is 145 Å². The van der Waals surface area contributed by atoms with Crippen LogP contribution in [0.4, 0.5) is 0 Å². The van der Waals surface area contributed by atoms with Crippen LogP contribution >= 0.6 is 0 Å². The number of aliphatic hydroxyl groups excluding tert-OH is 1. The molecule has 132 valence electrons. The molecule has 0 aromatic heterocycles. The second-order valence-corrected chi connectivity index (χ2v) is 6.49. The van der Waals surface area contributed by atoms with Gasteiger partial charge in [-0.05, 0) is 50.6 Å². The maximum Gasteiger partial charge on any atom is 0.122 e. The molecule has 0 heterocycles. The molecule has 1 unspecified atom stereocenters. The van der Waals surface area contributed by atoms with Gasteiger partial charge in [-0.2, -0.15) is 0 Å². The zero-order valence-electron chi connectivity index (χ0n) is 14.9. The van der Waals surface area contributed by atoms with E-state index in [0.717, 1.165) is 25.0 Å². The molecular formula is C20H29NO3. The molecule has 0 bridgehead atoms. The zero-order valence-corrected chi connectivity index (χ0v) is 14.9. The molecule has 2 atom stereocenters. The minimum Gasteiger partial charge on any atom is -0.491 e. The first kappa shape index (κ1) is 18.7. The van der Waals surface area contributed by atoms with Gasteiger partial charge < -0.3 is 19.5 Å². The van der Waals surface area contributed by atoms with E-state index in [2.05, 4.69) is 24.3 Å². The Hall–Kier alpha value is -1.62. The van der Waals surface area contributed by atoms with Crippen molar-refractivity contribution in [3.8, 4) is 5.75 Å². The van der Waals surface area contributed by atoms with Crippen LogP contribution in [-0.4, -0.2) is 56.6 Å². The van der Waals surface area contributed by atoms with Crippen molar-refractivity contribution in [2.75, 3.05) is 34.4 Å². The number of para-hydroxylation sites is 1. The van der Waals surface area contributed by atoms with Gasteiger partial charge in [-0.15, -0.1) is 0 Å². The lowest BCUT2D eigenvalue weighted by Crippen LogP contribution is -2.30. The molecule has 0 saturated carbocycles. The Morgan fingerprint density at radius 1 is 1.25 bits per heavy atom. The molecule has 4 nitrogen and oxygen atoms in total. The second kappa shape index (κ2) is 9.62. The molecule has 0 radical (unpaired) electrons. The van der Waals surface area contributed by atoms with Gasteiger partial charge in [-0.3, -0.25) is 0 Å². The maximum atomic E-state index is 9.96. The topological polar surface area (TPSA) is 41.9 Å². The van der Waals surface area contributed by atoms with Crippen LogP contribution in [0.1, 0.15) is 18.4 Å². The third-order valence-corrected chi connectivity index (χ3v) is 4.07. The fourth-order valence-corrected chi connectivity index (χ4v) is 2.84. The predicted octanol–water partition coefficient (Wildman–Crippen LogP) is 2.82. The highest BCUT2D eigenvalue weighted by Crippen LogP contribution is 2.23. The van der Waals surface area contributed by atoms with Crippen molar-refractivity contribution in [3.63, 3.8) is 0 Å². The molecule has 0 fully saturated rings. The first-order valence-corrected chi connectivity index (χ1v) is 8.52. The fraction of sp³-hybridized carbons (Fsp3) is 0.500. The van der Waals surface area contributed by atoms with Gasteiger partial charge in [0.15, 0.2) is 0 Å². The van der Waals surface area contributed by atoms with Gasteiger partial charge >= 0.3 is 0 Å². The van der Waals surface area contributed by atoms with Crippen LogP contribution in [0.5, 0.6) is 5.75 Å². The number of aliphatic hydroxyl groups is 1. The highest BCUT2D eigenvalue weighted by Gasteiger charge is 2.11. The summed E-state index contributed by atoms with van der Waals surface area (Å²) >= 11 is 0. The van der Waals surface area contributed by atoms with Gasteiger partial charge in [0.2, 0.25) is 0 Å². The number of likely N-dealkylation sites (N-methyl/N-ethyl adjacent to an activating group) is 1. The summed E-state index contributed by atoms with van der Waals surface area (Å²) in [7, 11) is 5.63. The van der Waals surface area contributed by atoms with Crippen molar-refractivity contribution < 1.29 is 14.6 Å². The molecule has 1 aliphatic carbocycles. The Kier molecular flexibility index (Phi) is 7.50. The van der Waals surface area contributed by atoms with Crippen LogP contribution in [0.25, 0.3) is 0 Å². The number of hydrogen-bond donors (Lipinski definition) is 1. The molecular weight excluding hydrogens is 302 g/mol. The standard InChI is InChI=1S/C20H29NO3/c1-21(2)14-18(22)15-24-20-10-5-4-8-17(20)12-11-16-7-6-9-19(13-16)23-3/h4-8,10,13,18-19,22H,9,11-12,14-15H2,1-3H3/t18-,19?/m1/s1. The first-order chi connectivity index (χ1) is 11.6. The Morgan fingerprint density at radius 3 is 2.79 bits per heavy atom. The third kappa shape index (κ3) is 6.11. The van der Waals surface area contributed by atoms with Crippen molar-refractivity contribution >= 4 is 0 Å². The van der Waals surface area contributed by atoms with Gasteiger partial charge in [0.05, 0.1) is 6.10 Å². The Balaban J connectivity index is 1.91. The Morgan fingerprint density at radius 2 is 2.04 bits per heavy atom. The quantitative estimate of drug-likeness (QED) is 0.755. The number of benzene rings is 1. The minimum absolute atomic E-state index is 0.192. The number of ether oxygens (including phenoxy) is 2. The van der Waals surface area contributed by atoms with E-state index in [1.54, 1.807) is 7.11 Å². The summed E-state index contributed by atoms with van der Waals surface area (Å²) in [6.45, 7) is 0.905. The molecule has 0 saturated heterocycles. The van der Waals surface area contributed by atoms with E-state index in [0.29, 0.717) is 13.2 Å². The van der Waals surface area contributed by atoms with Crippen LogP contribution in [0.15, 0.2) is 48.1 Å². The lowest BCUT2D eigenvalue weighted by molar-refractivity contribution is 0.0827. The minimum atomic E-state index is -0.487. The molecule has 1 aromatic carbocycles. The number of methoxy groups -OCH3 is 1. The van der Waals surface area contributed by atoms with Crippen LogP contribution in [0.2, 0.25) is 0 Å². The average Bonchev–Trinajstić information content (AvgIpc) is 2.58. The van der Waals surface area contributed by atoms with Crippen molar-refractivity contribution in [2.45, 2.75) is 31.5 Å². The van der Waals surface area contributed by atoms with Crippen LogP contribution in [0, 0.1) is 0 Å². The van der Waals surface area contributed by atoms with E-state index in [1.807, 2.05) is 37.2 Å². The van der Waals surface area contributed by atoms with E-state index in [4.69, 9.17) is 9.47 Å². The zero-order chi connectivity index (χ0) is 17.4. The molecule has 0 amide bonds. The van der Waals surface area contributed by atoms with Crippen molar-refractivity contribution in [1.82, 2.24) is 4.90 Å². The number of hydrogen-bond acceptors (Lipinski definition) is 4. The van der Waals surface area contributed by atoms with Crippen molar-refractivity contribution in [2.24, 2.45) is 0 Å². The summed E-state index contributed by atoms with van der Waals surface area (Å²) in [6.07, 6.45) is 9.07. The Bertz CT molecular complexity index is 566. The van der Waals surface area contributed by atoms with Gasteiger partial charge in [-0.1, -0.05) is 36.4 Å². The SMILES string of the molecule is COC1C=C(CCc2ccccc2OC[C@H](O)CN(C)C)C=CC1. The summed E-state index contributed by atoms with van der Waals surface area (Å²) in [4.78, 5) is 1.95. The smallest absolute Gasteiger partial charge is 0.122 e. The lowest BCUT2D eigenvalue weighted by atomic mass is 9.98. The summed E-state index contributed by atoms with van der Waals surface area (Å²) in [5, 5.41) is 9.96. The van der Waals surface area contributed by atoms with Crippen LogP contribution in [0.3, 0.4) is 0 Å². The predicted molar refractivity (Wildman–Crippen MR) is 97.5 cm³/mol. The fourth-order valence-electron chi connectivity index (χ4n) is 2.84. The van der Waals surface area contributed by atoms with E-state index in [1.165, 1.54) is 11.1 Å². The normalized spacial score (nSPS) is 18.5. The molecule has 0 aliphatic heterocycles. The summed E-state index contributed by atoms with van der Waals surface area (Å²) in [6, 6.07) is 8.06. The molecule has 1 aliphatic rings. The van der Waals surface area contributed by atoms with Crippen LogP contribution in [-0.2, 0) is 11.2 Å². The van der Waals surface area contributed by atoms with Gasteiger partial charge in [0.1, 0.15) is 18.5 Å². The molecule has 2 rings (SSSR count). The second-order valence-electron chi connectivity index (χ2n) is 6.49. The average molecular weight is 331 g/mol. The van der Waals surface area contributed by atoms with Gasteiger partial charge in [-0.25, -0.2) is 0 Å². The lowest BCUT2D eigenvalue weighted by Gasteiger charge is -2.18. The van der Waals surface area contributed by atoms with Gasteiger partial charge in [0.25, 0.3) is 0 Å².